The number of halogens is 4. The Labute approximate surface area is 127 Å². The fourth-order valence-electron chi connectivity index (χ4n) is 1.75. The molecule has 2 heterocycles. The Kier molecular flexibility index (Phi) is 4.36. The van der Waals surface area contributed by atoms with E-state index in [-0.39, 0.29) is 17.2 Å². The van der Waals surface area contributed by atoms with Crippen molar-refractivity contribution in [1.29, 1.82) is 0 Å². The first-order valence-corrected chi connectivity index (χ1v) is 7.39. The number of H-pyrrole nitrogens is 1. The average Bonchev–Trinajstić information content (AvgIpc) is 2.91. The average molecular weight is 344 g/mol. The first-order valence-electron chi connectivity index (χ1n) is 5.87. The standard InChI is InChI=1S/C11H13ClF3N3O2S/c1-10(5-12)3-7(17-20-10)21-4-6-8(11(13,14)15)16-18(2)9(6)19/h3,16-17H,4-5H2,1-2H3. The topological polar surface area (TPSA) is 59.0 Å². The summed E-state index contributed by atoms with van der Waals surface area (Å²) in [5.74, 6) is 0.0648. The molecule has 0 aliphatic carbocycles. The summed E-state index contributed by atoms with van der Waals surface area (Å²) in [6.07, 6.45) is -2.93. The molecule has 2 rings (SSSR count). The zero-order chi connectivity index (χ0) is 15.8. The molecule has 0 spiro atoms. The molecule has 2 N–H and O–H groups in total. The number of alkyl halides is 4. The van der Waals surface area contributed by atoms with Crippen LogP contribution in [0.25, 0.3) is 0 Å². The van der Waals surface area contributed by atoms with Crippen molar-refractivity contribution < 1.29 is 18.0 Å². The molecule has 1 aromatic heterocycles. The van der Waals surface area contributed by atoms with E-state index in [1.54, 1.807) is 13.0 Å². The largest absolute Gasteiger partial charge is 0.433 e. The highest BCUT2D eigenvalue weighted by Gasteiger charge is 2.37. The highest BCUT2D eigenvalue weighted by atomic mass is 35.5. The normalized spacial score (nSPS) is 22.3. The van der Waals surface area contributed by atoms with E-state index in [1.807, 2.05) is 5.10 Å². The lowest BCUT2D eigenvalue weighted by Gasteiger charge is -2.14. The summed E-state index contributed by atoms with van der Waals surface area (Å²) in [6, 6.07) is 0. The van der Waals surface area contributed by atoms with E-state index in [9.17, 15) is 18.0 Å². The number of nitrogens with zero attached hydrogens (tertiary/aromatic N) is 1. The van der Waals surface area contributed by atoms with Gasteiger partial charge in [0.05, 0.1) is 16.5 Å². The van der Waals surface area contributed by atoms with Crippen LogP contribution in [0.4, 0.5) is 13.2 Å². The minimum atomic E-state index is -4.60. The number of hydroxylamine groups is 1. The van der Waals surface area contributed by atoms with Crippen LogP contribution in [0.15, 0.2) is 15.9 Å². The molecule has 1 aliphatic rings. The second kappa shape index (κ2) is 5.62. The lowest BCUT2D eigenvalue weighted by atomic mass is 10.1. The van der Waals surface area contributed by atoms with Crippen LogP contribution in [0.3, 0.4) is 0 Å². The second-order valence-corrected chi connectivity index (χ2v) is 6.06. The van der Waals surface area contributed by atoms with Crippen LogP contribution in [-0.2, 0) is 23.8 Å². The molecule has 5 nitrogen and oxygen atoms in total. The second-order valence-electron chi connectivity index (χ2n) is 4.77. The third kappa shape index (κ3) is 3.41. The Balaban J connectivity index is 2.18. The molecule has 1 atom stereocenters. The van der Waals surface area contributed by atoms with E-state index < -0.39 is 23.0 Å². The zero-order valence-electron chi connectivity index (χ0n) is 11.2. The van der Waals surface area contributed by atoms with E-state index >= 15 is 0 Å². The molecule has 1 unspecified atom stereocenters. The summed E-state index contributed by atoms with van der Waals surface area (Å²) in [7, 11) is 1.24. The van der Waals surface area contributed by atoms with Crippen LogP contribution in [0, 0.1) is 0 Å². The number of aromatic amines is 1. The van der Waals surface area contributed by atoms with Crippen molar-refractivity contribution in [3.05, 3.63) is 32.7 Å². The van der Waals surface area contributed by atoms with Crippen molar-refractivity contribution in [3.63, 3.8) is 0 Å². The van der Waals surface area contributed by atoms with Crippen molar-refractivity contribution in [2.75, 3.05) is 5.88 Å². The summed E-state index contributed by atoms with van der Waals surface area (Å²) in [6.45, 7) is 1.73. The number of hydrogen-bond acceptors (Lipinski definition) is 4. The Morgan fingerprint density at radius 3 is 2.71 bits per heavy atom. The van der Waals surface area contributed by atoms with Crippen molar-refractivity contribution in [3.8, 4) is 0 Å². The third-order valence-corrected chi connectivity index (χ3v) is 4.36. The van der Waals surface area contributed by atoms with Crippen LogP contribution in [0.2, 0.25) is 0 Å². The molecule has 1 aromatic rings. The maximum absolute atomic E-state index is 12.9. The van der Waals surface area contributed by atoms with Crippen LogP contribution < -0.4 is 11.0 Å². The molecule has 118 valence electrons. The summed E-state index contributed by atoms with van der Waals surface area (Å²) in [5, 5.41) is 2.55. The summed E-state index contributed by atoms with van der Waals surface area (Å²) < 4.78 is 39.4. The molecule has 0 aromatic carbocycles. The SMILES string of the molecule is Cn1[nH]c(C(F)(F)F)c(CSC2=CC(C)(CCl)ON2)c1=O. The highest BCUT2D eigenvalue weighted by Crippen LogP contribution is 2.33. The molecule has 0 amide bonds. The minimum absolute atomic E-state index is 0.133. The van der Waals surface area contributed by atoms with E-state index in [0.29, 0.717) is 5.03 Å². The van der Waals surface area contributed by atoms with Gasteiger partial charge in [-0.1, -0.05) is 0 Å². The van der Waals surface area contributed by atoms with Crippen LogP contribution in [-0.4, -0.2) is 21.3 Å². The van der Waals surface area contributed by atoms with Gasteiger partial charge in [0, 0.05) is 12.8 Å². The smallest absolute Gasteiger partial charge is 0.291 e. The lowest BCUT2D eigenvalue weighted by molar-refractivity contribution is -0.141. The molecule has 0 saturated heterocycles. The van der Waals surface area contributed by atoms with Crippen LogP contribution >= 0.6 is 23.4 Å². The van der Waals surface area contributed by atoms with Crippen molar-refractivity contribution >= 4 is 23.4 Å². The number of thioether (sulfide) groups is 1. The molecule has 1 aliphatic heterocycles. The molecular weight excluding hydrogens is 331 g/mol. The maximum atomic E-state index is 12.9. The first kappa shape index (κ1) is 16.3. The Bertz CT molecular complexity index is 625. The molecule has 0 bridgehead atoms. The fourth-order valence-corrected chi connectivity index (χ4v) is 2.89. The highest BCUT2D eigenvalue weighted by molar-refractivity contribution is 8.02. The van der Waals surface area contributed by atoms with Crippen LogP contribution in [0.5, 0.6) is 0 Å². The van der Waals surface area contributed by atoms with Gasteiger partial charge in [-0.25, -0.2) is 0 Å². The van der Waals surface area contributed by atoms with E-state index in [0.717, 1.165) is 16.4 Å². The molecule has 0 fully saturated rings. The number of rotatable bonds is 4. The van der Waals surface area contributed by atoms with Gasteiger partial charge in [-0.05, 0) is 13.0 Å². The number of nitrogens with one attached hydrogen (secondary N) is 2. The zero-order valence-corrected chi connectivity index (χ0v) is 12.7. The molecule has 10 heteroatoms. The van der Waals surface area contributed by atoms with Gasteiger partial charge in [-0.15, -0.1) is 23.4 Å². The molecule has 0 radical (unpaired) electrons. The predicted molar refractivity (Wildman–Crippen MR) is 73.8 cm³/mol. The quantitative estimate of drug-likeness (QED) is 0.824. The maximum Gasteiger partial charge on any atom is 0.433 e. The third-order valence-electron chi connectivity index (χ3n) is 2.89. The van der Waals surface area contributed by atoms with Crippen LogP contribution in [0.1, 0.15) is 18.2 Å². The Morgan fingerprint density at radius 1 is 1.52 bits per heavy atom. The molecule has 0 saturated carbocycles. The number of aromatic nitrogens is 2. The molecular formula is C11H13ClF3N3O2S. The van der Waals surface area contributed by atoms with Gasteiger partial charge < -0.3 is 0 Å². The predicted octanol–water partition coefficient (Wildman–Crippen LogP) is 2.34. The first-order chi connectivity index (χ1) is 9.66. The van der Waals surface area contributed by atoms with Gasteiger partial charge in [0.1, 0.15) is 11.3 Å². The van der Waals surface area contributed by atoms with Crippen molar-refractivity contribution in [1.82, 2.24) is 15.3 Å². The monoisotopic (exact) mass is 343 g/mol. The van der Waals surface area contributed by atoms with Gasteiger partial charge >= 0.3 is 6.18 Å². The van der Waals surface area contributed by atoms with Gasteiger partial charge in [-0.3, -0.25) is 24.9 Å². The number of aryl methyl sites for hydroxylation is 1. The van der Waals surface area contributed by atoms with E-state index in [1.165, 1.54) is 7.05 Å². The van der Waals surface area contributed by atoms with Gasteiger partial charge in [0.15, 0.2) is 0 Å². The lowest BCUT2D eigenvalue weighted by Crippen LogP contribution is -2.27. The summed E-state index contributed by atoms with van der Waals surface area (Å²) in [4.78, 5) is 17.0. The van der Waals surface area contributed by atoms with Crippen molar-refractivity contribution in [2.24, 2.45) is 7.05 Å². The summed E-state index contributed by atoms with van der Waals surface area (Å²) >= 11 is 6.76. The van der Waals surface area contributed by atoms with Gasteiger partial charge in [-0.2, -0.15) is 13.2 Å². The minimum Gasteiger partial charge on any atom is -0.291 e. The fraction of sp³-hybridized carbons (Fsp3) is 0.545. The number of hydrogen-bond donors (Lipinski definition) is 2. The Hall–Kier alpha value is -1.06. The van der Waals surface area contributed by atoms with E-state index in [2.05, 4.69) is 5.48 Å². The molecule has 21 heavy (non-hydrogen) atoms. The Morgan fingerprint density at radius 2 is 2.19 bits per heavy atom. The van der Waals surface area contributed by atoms with Gasteiger partial charge in [0.2, 0.25) is 0 Å². The summed E-state index contributed by atoms with van der Waals surface area (Å²) in [5.41, 5.74) is -0.164. The van der Waals surface area contributed by atoms with Crippen molar-refractivity contribution in [2.45, 2.75) is 24.5 Å². The van der Waals surface area contributed by atoms with Gasteiger partial charge in [0.25, 0.3) is 5.56 Å². The van der Waals surface area contributed by atoms with E-state index in [4.69, 9.17) is 16.4 Å².